The van der Waals surface area contributed by atoms with Gasteiger partial charge in [-0.3, -0.25) is 5.41 Å². The maximum atomic E-state index is 8.69. The molecule has 0 aliphatic heterocycles. The Morgan fingerprint density at radius 3 is 2.58 bits per heavy atom. The van der Waals surface area contributed by atoms with Gasteiger partial charge in [0.1, 0.15) is 0 Å². The van der Waals surface area contributed by atoms with Gasteiger partial charge in [-0.1, -0.05) is 6.92 Å². The number of rotatable bonds is 6. The molecule has 0 bridgehead atoms. The number of nitrogens with one attached hydrogen (secondary N) is 1. The Hall–Kier alpha value is -0.610. The third-order valence-corrected chi connectivity index (χ3v) is 2.00. The second-order valence-corrected chi connectivity index (χ2v) is 3.00. The summed E-state index contributed by atoms with van der Waals surface area (Å²) in [5.74, 6) is 0.214. The van der Waals surface area contributed by atoms with Crippen molar-refractivity contribution in [2.24, 2.45) is 5.73 Å². The average Bonchev–Trinajstić information content (AvgIpc) is 2.00. The topological polar surface area (TPSA) is 73.3 Å². The highest BCUT2D eigenvalue weighted by Crippen LogP contribution is 2.05. The quantitative estimate of drug-likeness (QED) is 0.391. The molecule has 0 aliphatic rings. The van der Waals surface area contributed by atoms with Crippen molar-refractivity contribution in [1.29, 1.82) is 5.41 Å². The number of aliphatic hydroxyl groups is 1. The summed E-state index contributed by atoms with van der Waals surface area (Å²) in [6, 6.07) is 0.287. The first-order valence-corrected chi connectivity index (χ1v) is 4.25. The first kappa shape index (κ1) is 11.4. The molecule has 0 radical (unpaired) electrons. The normalized spacial score (nSPS) is 13.3. The first-order valence-electron chi connectivity index (χ1n) is 4.25. The fraction of sp³-hybridized carbons (Fsp3) is 0.875. The van der Waals surface area contributed by atoms with Crippen molar-refractivity contribution < 1.29 is 5.11 Å². The third kappa shape index (κ3) is 4.31. The molecular weight excluding hydrogens is 154 g/mol. The Bertz CT molecular complexity index is 138. The van der Waals surface area contributed by atoms with Crippen LogP contribution in [-0.4, -0.2) is 42.1 Å². The molecule has 72 valence electrons. The molecule has 0 rings (SSSR count). The molecule has 0 heterocycles. The van der Waals surface area contributed by atoms with Crippen molar-refractivity contribution in [2.75, 3.05) is 20.2 Å². The van der Waals surface area contributed by atoms with E-state index in [1.165, 1.54) is 0 Å². The average molecular weight is 173 g/mol. The minimum atomic E-state index is 0.158. The molecule has 0 amide bonds. The van der Waals surface area contributed by atoms with E-state index in [1.54, 1.807) is 0 Å². The zero-order valence-electron chi connectivity index (χ0n) is 7.88. The van der Waals surface area contributed by atoms with Crippen LogP contribution in [0.15, 0.2) is 0 Å². The lowest BCUT2D eigenvalue weighted by Gasteiger charge is -2.25. The van der Waals surface area contributed by atoms with E-state index >= 15 is 0 Å². The number of hydrogen-bond acceptors (Lipinski definition) is 3. The van der Waals surface area contributed by atoms with Gasteiger partial charge in [0.25, 0.3) is 0 Å². The van der Waals surface area contributed by atoms with Crippen LogP contribution in [0.4, 0.5) is 0 Å². The van der Waals surface area contributed by atoms with Gasteiger partial charge in [-0.15, -0.1) is 0 Å². The zero-order valence-corrected chi connectivity index (χ0v) is 7.88. The SMILES string of the molecule is CCC(CC(=N)N)N(C)CCO. The van der Waals surface area contributed by atoms with Gasteiger partial charge >= 0.3 is 0 Å². The van der Waals surface area contributed by atoms with E-state index in [2.05, 4.69) is 6.92 Å². The summed E-state index contributed by atoms with van der Waals surface area (Å²) in [7, 11) is 1.94. The van der Waals surface area contributed by atoms with Gasteiger partial charge in [-0.25, -0.2) is 0 Å². The highest BCUT2D eigenvalue weighted by Gasteiger charge is 2.12. The Balaban J connectivity index is 3.86. The smallest absolute Gasteiger partial charge is 0.0921 e. The summed E-state index contributed by atoms with van der Waals surface area (Å²) in [5, 5.41) is 15.8. The highest BCUT2D eigenvalue weighted by atomic mass is 16.3. The second kappa shape index (κ2) is 5.97. The number of aliphatic hydroxyl groups excluding tert-OH is 1. The van der Waals surface area contributed by atoms with Gasteiger partial charge in [0.2, 0.25) is 0 Å². The predicted molar refractivity (Wildman–Crippen MR) is 50.3 cm³/mol. The molecule has 0 saturated carbocycles. The van der Waals surface area contributed by atoms with E-state index in [-0.39, 0.29) is 18.5 Å². The summed E-state index contributed by atoms with van der Waals surface area (Å²) >= 11 is 0. The van der Waals surface area contributed by atoms with E-state index in [9.17, 15) is 0 Å². The molecule has 1 atom stereocenters. The number of amidine groups is 1. The molecule has 1 unspecified atom stereocenters. The van der Waals surface area contributed by atoms with Crippen LogP contribution in [0.5, 0.6) is 0 Å². The molecule has 0 spiro atoms. The first-order chi connectivity index (χ1) is 5.61. The number of nitrogens with zero attached hydrogens (tertiary/aromatic N) is 1. The van der Waals surface area contributed by atoms with Gasteiger partial charge in [0.05, 0.1) is 12.4 Å². The molecule has 0 fully saturated rings. The molecule has 4 N–H and O–H groups in total. The van der Waals surface area contributed by atoms with Gasteiger partial charge in [0, 0.05) is 19.0 Å². The van der Waals surface area contributed by atoms with Crippen molar-refractivity contribution >= 4 is 5.84 Å². The van der Waals surface area contributed by atoms with Crippen molar-refractivity contribution in [3.63, 3.8) is 0 Å². The summed E-state index contributed by atoms with van der Waals surface area (Å²) in [6.45, 7) is 2.86. The second-order valence-electron chi connectivity index (χ2n) is 3.00. The Kier molecular flexibility index (Phi) is 5.66. The Labute approximate surface area is 73.9 Å². The molecule has 0 aromatic heterocycles. The van der Waals surface area contributed by atoms with E-state index in [4.69, 9.17) is 16.2 Å². The van der Waals surface area contributed by atoms with Crippen molar-refractivity contribution in [3.05, 3.63) is 0 Å². The summed E-state index contributed by atoms with van der Waals surface area (Å²) in [4.78, 5) is 2.03. The van der Waals surface area contributed by atoms with Crippen molar-refractivity contribution in [3.8, 4) is 0 Å². The van der Waals surface area contributed by atoms with E-state index in [0.717, 1.165) is 6.42 Å². The molecular formula is C8H19N3O. The van der Waals surface area contributed by atoms with Gasteiger partial charge in [0.15, 0.2) is 0 Å². The molecule has 4 nitrogen and oxygen atoms in total. The lowest BCUT2D eigenvalue weighted by atomic mass is 10.1. The summed E-state index contributed by atoms with van der Waals surface area (Å²) < 4.78 is 0. The molecule has 0 aromatic rings. The third-order valence-electron chi connectivity index (χ3n) is 2.00. The molecule has 12 heavy (non-hydrogen) atoms. The fourth-order valence-corrected chi connectivity index (χ4v) is 1.21. The lowest BCUT2D eigenvalue weighted by Crippen LogP contribution is -2.36. The maximum Gasteiger partial charge on any atom is 0.0921 e. The van der Waals surface area contributed by atoms with Crippen LogP contribution in [0.25, 0.3) is 0 Å². The van der Waals surface area contributed by atoms with Gasteiger partial charge < -0.3 is 15.7 Å². The van der Waals surface area contributed by atoms with Crippen LogP contribution in [0.3, 0.4) is 0 Å². The Morgan fingerprint density at radius 2 is 2.25 bits per heavy atom. The van der Waals surface area contributed by atoms with E-state index < -0.39 is 0 Å². The van der Waals surface area contributed by atoms with Crippen LogP contribution < -0.4 is 5.73 Å². The molecule has 0 aromatic carbocycles. The maximum absolute atomic E-state index is 8.69. The Morgan fingerprint density at radius 1 is 1.67 bits per heavy atom. The largest absolute Gasteiger partial charge is 0.395 e. The number of nitrogens with two attached hydrogens (primary N) is 1. The van der Waals surface area contributed by atoms with Crippen LogP contribution in [0.2, 0.25) is 0 Å². The minimum absolute atomic E-state index is 0.158. The van der Waals surface area contributed by atoms with E-state index in [1.807, 2.05) is 11.9 Å². The lowest BCUT2D eigenvalue weighted by molar-refractivity contribution is 0.179. The van der Waals surface area contributed by atoms with Gasteiger partial charge in [-0.2, -0.15) is 0 Å². The van der Waals surface area contributed by atoms with Crippen LogP contribution in [0, 0.1) is 5.41 Å². The van der Waals surface area contributed by atoms with Crippen molar-refractivity contribution in [2.45, 2.75) is 25.8 Å². The molecule has 4 heteroatoms. The highest BCUT2D eigenvalue weighted by molar-refractivity contribution is 5.77. The summed E-state index contributed by atoms with van der Waals surface area (Å²) in [5.41, 5.74) is 5.30. The number of likely N-dealkylation sites (N-methyl/N-ethyl adjacent to an activating group) is 1. The van der Waals surface area contributed by atoms with Crippen LogP contribution in [0.1, 0.15) is 19.8 Å². The van der Waals surface area contributed by atoms with Gasteiger partial charge in [-0.05, 0) is 13.5 Å². The van der Waals surface area contributed by atoms with Crippen molar-refractivity contribution in [1.82, 2.24) is 4.90 Å². The summed E-state index contributed by atoms with van der Waals surface area (Å²) in [6.07, 6.45) is 1.54. The number of hydrogen-bond donors (Lipinski definition) is 3. The zero-order chi connectivity index (χ0) is 9.56. The molecule has 0 saturated heterocycles. The fourth-order valence-electron chi connectivity index (χ4n) is 1.21. The van der Waals surface area contributed by atoms with Crippen LogP contribution in [-0.2, 0) is 0 Å². The molecule has 0 aliphatic carbocycles. The standard InChI is InChI=1S/C8H19N3O/c1-3-7(6-8(9)10)11(2)4-5-12/h7,12H,3-6H2,1-2H3,(H3,9,10). The monoisotopic (exact) mass is 173 g/mol. The predicted octanol–water partition coefficient (Wildman–Crippen LogP) is 0.0152. The minimum Gasteiger partial charge on any atom is -0.395 e. The van der Waals surface area contributed by atoms with Crippen LogP contribution >= 0.6 is 0 Å². The van der Waals surface area contributed by atoms with E-state index in [0.29, 0.717) is 13.0 Å².